The summed E-state index contributed by atoms with van der Waals surface area (Å²) in [6.07, 6.45) is -0.472. The molecule has 0 radical (unpaired) electrons. The van der Waals surface area contributed by atoms with Gasteiger partial charge in [-0.05, 0) is 55.8 Å². The Morgan fingerprint density at radius 1 is 1.06 bits per heavy atom. The Morgan fingerprint density at radius 2 is 1.75 bits per heavy atom. The number of methoxy groups -OCH3 is 1. The number of hydrogen-bond donors (Lipinski definition) is 2. The van der Waals surface area contributed by atoms with Crippen LogP contribution in [0.15, 0.2) is 52.7 Å². The van der Waals surface area contributed by atoms with Crippen LogP contribution in [0, 0.1) is 5.82 Å². The smallest absolute Gasteiger partial charge is 0.304 e. The molecule has 0 aliphatic heterocycles. The highest BCUT2D eigenvalue weighted by Crippen LogP contribution is 2.37. The number of aromatic nitrogens is 1. The molecule has 2 aromatic carbocycles. The molecule has 1 aromatic heterocycles. The lowest BCUT2D eigenvalue weighted by Crippen LogP contribution is -2.21. The van der Waals surface area contributed by atoms with Gasteiger partial charge in [-0.3, -0.25) is 14.2 Å². The summed E-state index contributed by atoms with van der Waals surface area (Å²) in [6, 6.07) is 9.34. The molecule has 1 heterocycles. The number of carbonyl (C=O) groups is 2. The second kappa shape index (κ2) is 10.0. The molecule has 0 aliphatic rings. The first kappa shape index (κ1) is 22.9. The number of benzene rings is 2. The van der Waals surface area contributed by atoms with Gasteiger partial charge < -0.3 is 19.7 Å². The van der Waals surface area contributed by atoms with E-state index >= 15 is 0 Å². The van der Waals surface area contributed by atoms with Crippen LogP contribution in [-0.2, 0) is 16.1 Å². The molecule has 3 aromatic rings. The normalized spacial score (nSPS) is 12.3. The molecule has 0 spiro atoms. The maximum absolute atomic E-state index is 12.9. The predicted octanol–water partition coefficient (Wildman–Crippen LogP) is 3.81. The van der Waals surface area contributed by atoms with Crippen LogP contribution in [0.2, 0.25) is 0 Å². The zero-order chi connectivity index (χ0) is 23.3. The molecule has 3 rings (SSSR count). The van der Waals surface area contributed by atoms with Crippen molar-refractivity contribution in [1.82, 2.24) is 4.57 Å². The number of carbonyl (C=O) groups excluding carboxylic acids is 2. The van der Waals surface area contributed by atoms with Crippen LogP contribution < -0.4 is 4.74 Å². The first-order valence-corrected chi connectivity index (χ1v) is 9.77. The molecular weight excluding hydrogens is 421 g/mol. The number of rotatable bonds is 8. The van der Waals surface area contributed by atoms with Gasteiger partial charge in [0, 0.05) is 36.6 Å². The van der Waals surface area contributed by atoms with Crippen LogP contribution in [0.3, 0.4) is 0 Å². The third-order valence-electron chi connectivity index (χ3n) is 4.70. The van der Waals surface area contributed by atoms with E-state index < -0.39 is 23.7 Å². The number of amides is 2. The highest BCUT2D eigenvalue weighted by Gasteiger charge is 2.19. The summed E-state index contributed by atoms with van der Waals surface area (Å²) in [4.78, 5) is 24.5. The van der Waals surface area contributed by atoms with Crippen molar-refractivity contribution in [3.8, 4) is 17.5 Å². The lowest BCUT2D eigenvalue weighted by Gasteiger charge is -2.10. The summed E-state index contributed by atoms with van der Waals surface area (Å²) < 4.78 is 24.6. The molecule has 0 saturated heterocycles. The monoisotopic (exact) mass is 443 g/mol. The number of fused-ring (bicyclic) bond motifs is 1. The zero-order valence-corrected chi connectivity index (χ0v) is 17.5. The van der Waals surface area contributed by atoms with E-state index in [1.165, 1.54) is 54.0 Å². The second-order valence-electron chi connectivity index (χ2n) is 6.96. The van der Waals surface area contributed by atoms with E-state index in [1.54, 1.807) is 7.11 Å². The Labute approximate surface area is 182 Å². The quantitative estimate of drug-likeness (QED) is 0.403. The van der Waals surface area contributed by atoms with Gasteiger partial charge in [-0.25, -0.2) is 4.39 Å². The van der Waals surface area contributed by atoms with Crippen LogP contribution in [0.1, 0.15) is 23.7 Å². The lowest BCUT2D eigenvalue weighted by atomic mass is 10.1. The van der Waals surface area contributed by atoms with Crippen molar-refractivity contribution in [3.05, 3.63) is 53.8 Å². The Kier molecular flexibility index (Phi) is 7.16. The maximum atomic E-state index is 12.9. The molecular formula is C22H22FN3O6. The molecule has 2 N–H and O–H groups in total. The fourth-order valence-electron chi connectivity index (χ4n) is 3.03. The molecule has 0 aliphatic carbocycles. The van der Waals surface area contributed by atoms with Gasteiger partial charge in [-0.2, -0.15) is 0 Å². The summed E-state index contributed by atoms with van der Waals surface area (Å²) in [6.45, 7) is 2.20. The van der Waals surface area contributed by atoms with Crippen molar-refractivity contribution >= 4 is 22.6 Å². The second-order valence-corrected chi connectivity index (χ2v) is 6.96. The Bertz CT molecular complexity index is 1160. The number of ether oxygens (including phenoxy) is 2. The summed E-state index contributed by atoms with van der Waals surface area (Å²) in [5.41, 5.74) is 0.0745. The van der Waals surface area contributed by atoms with Gasteiger partial charge in [0.1, 0.15) is 11.6 Å². The Balaban J connectivity index is 1.71. The summed E-state index contributed by atoms with van der Waals surface area (Å²) in [7, 11) is 1.55. The molecule has 168 valence electrons. The minimum absolute atomic E-state index is 0.0745. The van der Waals surface area contributed by atoms with Gasteiger partial charge in [0.25, 0.3) is 5.91 Å². The summed E-state index contributed by atoms with van der Waals surface area (Å²) in [5.74, 6) is -2.10. The Hall–Kier alpha value is -3.79. The van der Waals surface area contributed by atoms with Crippen molar-refractivity contribution in [3.63, 3.8) is 0 Å². The highest BCUT2D eigenvalue weighted by atomic mass is 19.1. The first-order valence-electron chi connectivity index (χ1n) is 9.77. The predicted molar refractivity (Wildman–Crippen MR) is 112 cm³/mol. The molecule has 10 heteroatoms. The average Bonchev–Trinajstić information content (AvgIpc) is 3.03. The van der Waals surface area contributed by atoms with Crippen molar-refractivity contribution in [1.29, 1.82) is 0 Å². The Morgan fingerprint density at radius 3 is 2.44 bits per heavy atom. The molecule has 9 nitrogen and oxygen atoms in total. The average molecular weight is 443 g/mol. The molecule has 1 unspecified atom stereocenters. The van der Waals surface area contributed by atoms with E-state index in [2.05, 4.69) is 10.2 Å². The standard InChI is InChI=1S/C22H22FN3O6/c1-13(32-16-7-5-15(23)6-8-16)19(27)24-25-20(28)14-4-9-17-18(12-14)22(30)26(21(17)29)10-3-11-31-2/h4-9,12-13,29-30H,3,10-11H2,1-2H3. The van der Waals surface area contributed by atoms with E-state index in [-0.39, 0.29) is 28.5 Å². The van der Waals surface area contributed by atoms with Crippen molar-refractivity contribution in [2.75, 3.05) is 13.7 Å². The van der Waals surface area contributed by atoms with Gasteiger partial charge in [0.15, 0.2) is 6.10 Å². The molecule has 32 heavy (non-hydrogen) atoms. The minimum Gasteiger partial charge on any atom is -0.494 e. The number of azo groups is 1. The van der Waals surface area contributed by atoms with E-state index in [9.17, 15) is 24.2 Å². The van der Waals surface area contributed by atoms with Crippen LogP contribution in [0.4, 0.5) is 4.39 Å². The fourth-order valence-corrected chi connectivity index (χ4v) is 3.03. The third-order valence-corrected chi connectivity index (χ3v) is 4.70. The van der Waals surface area contributed by atoms with Crippen LogP contribution >= 0.6 is 0 Å². The lowest BCUT2D eigenvalue weighted by molar-refractivity contribution is -0.124. The van der Waals surface area contributed by atoms with E-state index in [1.807, 2.05) is 0 Å². The largest absolute Gasteiger partial charge is 0.494 e. The first-order chi connectivity index (χ1) is 15.3. The number of nitrogens with zero attached hydrogens (tertiary/aromatic N) is 3. The van der Waals surface area contributed by atoms with Crippen molar-refractivity contribution < 1.29 is 33.7 Å². The van der Waals surface area contributed by atoms with Gasteiger partial charge in [-0.15, -0.1) is 10.2 Å². The van der Waals surface area contributed by atoms with Crippen molar-refractivity contribution in [2.45, 2.75) is 26.0 Å². The maximum Gasteiger partial charge on any atom is 0.304 e. The van der Waals surface area contributed by atoms with Crippen molar-refractivity contribution in [2.24, 2.45) is 10.2 Å². The van der Waals surface area contributed by atoms with E-state index in [0.717, 1.165) is 0 Å². The number of halogens is 1. The fraction of sp³-hybridized carbons (Fsp3) is 0.273. The number of hydrogen-bond acceptors (Lipinski definition) is 6. The van der Waals surface area contributed by atoms with Crippen LogP contribution in [0.5, 0.6) is 17.5 Å². The SMILES string of the molecule is COCCCn1c(O)c2ccc(C(=O)N=NC(=O)C(C)Oc3ccc(F)cc3)cc2c1O. The summed E-state index contributed by atoms with van der Waals surface area (Å²) >= 11 is 0. The van der Waals surface area contributed by atoms with E-state index in [0.29, 0.717) is 25.0 Å². The molecule has 0 fully saturated rings. The van der Waals surface area contributed by atoms with Gasteiger partial charge in [0.05, 0.1) is 0 Å². The summed E-state index contributed by atoms with van der Waals surface area (Å²) in [5, 5.41) is 28.2. The van der Waals surface area contributed by atoms with Crippen LogP contribution in [0.25, 0.3) is 10.8 Å². The van der Waals surface area contributed by atoms with Crippen LogP contribution in [-0.4, -0.2) is 46.4 Å². The topological polar surface area (TPSA) is 123 Å². The molecule has 0 saturated carbocycles. The van der Waals surface area contributed by atoms with Gasteiger partial charge >= 0.3 is 5.91 Å². The zero-order valence-electron chi connectivity index (χ0n) is 17.5. The van der Waals surface area contributed by atoms with Gasteiger partial charge in [-0.1, -0.05) is 0 Å². The molecule has 0 bridgehead atoms. The minimum atomic E-state index is -1.04. The molecule has 1 atom stereocenters. The number of aromatic hydroxyl groups is 2. The molecule has 2 amide bonds. The highest BCUT2D eigenvalue weighted by molar-refractivity contribution is 6.02. The third kappa shape index (κ3) is 5.09. The van der Waals surface area contributed by atoms with E-state index in [4.69, 9.17) is 9.47 Å². The van der Waals surface area contributed by atoms with Gasteiger partial charge in [0.2, 0.25) is 11.8 Å².